The van der Waals surface area contributed by atoms with Crippen LogP contribution in [-0.2, 0) is 0 Å². The summed E-state index contributed by atoms with van der Waals surface area (Å²) in [5.74, 6) is 0.999. The fourth-order valence-electron chi connectivity index (χ4n) is 1.31. The molecule has 0 spiro atoms. The normalized spacial score (nSPS) is 10.4. The Hall–Kier alpha value is -1.95. The van der Waals surface area contributed by atoms with Crippen LogP contribution in [0.4, 0.5) is 0 Å². The smallest absolute Gasteiger partial charge is 0.256 e. The van der Waals surface area contributed by atoms with Gasteiger partial charge in [-0.2, -0.15) is 0 Å². The molecule has 98 valence electrons. The minimum atomic E-state index is -0.0594. The molecule has 0 saturated heterocycles. The van der Waals surface area contributed by atoms with Crippen LogP contribution in [0.5, 0.6) is 11.5 Å². The van der Waals surface area contributed by atoms with Crippen molar-refractivity contribution < 1.29 is 14.6 Å². The van der Waals surface area contributed by atoms with E-state index in [2.05, 4.69) is 10.2 Å². The molecule has 18 heavy (non-hydrogen) atoms. The Morgan fingerprint density at radius 1 is 1.50 bits per heavy atom. The van der Waals surface area contributed by atoms with E-state index in [9.17, 15) is 0 Å². The van der Waals surface area contributed by atoms with Crippen LogP contribution in [-0.4, -0.2) is 25.9 Å². The van der Waals surface area contributed by atoms with Crippen LogP contribution in [0.25, 0.3) is 0 Å². The molecule has 0 amide bonds. The first kappa shape index (κ1) is 14.1. The molecular weight excluding hydrogens is 256 g/mol. The van der Waals surface area contributed by atoms with E-state index in [4.69, 9.17) is 32.5 Å². The summed E-state index contributed by atoms with van der Waals surface area (Å²) in [4.78, 5) is 0. The third kappa shape index (κ3) is 3.81. The largest absolute Gasteiger partial charge is 0.491 e. The second-order valence-corrected chi connectivity index (χ2v) is 3.68. The summed E-state index contributed by atoms with van der Waals surface area (Å²) in [6, 6.07) is 3.47. The second-order valence-electron chi connectivity index (χ2n) is 3.28. The maximum atomic E-state index is 6.07. The fraction of sp³-hybridized carbons (Fsp3) is 0.273. The standard InChI is InChI=1S/C11H15ClN4O2/c1-3-18-9-5-7(6-15-16-11(13)14)4-8(12)10(9)17-2/h4-6H,3H2,1-2H3,(H4,13,14,16)/p+1/b15-6+. The average molecular weight is 272 g/mol. The number of ether oxygens (including phenoxy) is 2. The highest BCUT2D eigenvalue weighted by Crippen LogP contribution is 2.35. The lowest BCUT2D eigenvalue weighted by Gasteiger charge is -2.10. The first-order valence-corrected chi connectivity index (χ1v) is 5.64. The summed E-state index contributed by atoms with van der Waals surface area (Å²) in [5.41, 5.74) is 11.1. The van der Waals surface area contributed by atoms with E-state index < -0.39 is 0 Å². The Kier molecular flexibility index (Phi) is 5.26. The van der Waals surface area contributed by atoms with Gasteiger partial charge in [-0.3, -0.25) is 0 Å². The summed E-state index contributed by atoms with van der Waals surface area (Å²) in [7, 11) is 1.53. The number of nitrogens with zero attached hydrogens (tertiary/aromatic N) is 1. The van der Waals surface area contributed by atoms with Gasteiger partial charge in [0, 0.05) is 10.7 Å². The van der Waals surface area contributed by atoms with Gasteiger partial charge < -0.3 is 20.9 Å². The zero-order valence-electron chi connectivity index (χ0n) is 10.2. The monoisotopic (exact) mass is 271 g/mol. The highest BCUT2D eigenvalue weighted by atomic mass is 35.5. The molecule has 0 aromatic heterocycles. The molecule has 5 N–H and O–H groups in total. The molecule has 0 unspecified atom stereocenters. The van der Waals surface area contributed by atoms with Gasteiger partial charge in [0.15, 0.2) is 11.5 Å². The van der Waals surface area contributed by atoms with E-state index >= 15 is 0 Å². The van der Waals surface area contributed by atoms with Crippen LogP contribution >= 0.6 is 11.6 Å². The Labute approximate surface area is 110 Å². The molecule has 0 aliphatic carbocycles. The molecule has 0 saturated carbocycles. The molecule has 0 aliphatic rings. The first-order valence-electron chi connectivity index (χ1n) is 5.26. The Morgan fingerprint density at radius 3 is 2.78 bits per heavy atom. The molecule has 1 rings (SSSR count). The third-order valence-electron chi connectivity index (χ3n) is 1.96. The van der Waals surface area contributed by atoms with E-state index in [0.29, 0.717) is 23.1 Å². The SMILES string of the molecule is CCOc1cc(/C=[NH+]/N=C(N)N)cc(Cl)c1OC. The molecule has 0 radical (unpaired) electrons. The lowest BCUT2D eigenvalue weighted by atomic mass is 10.2. The van der Waals surface area contributed by atoms with Gasteiger partial charge in [0.2, 0.25) is 6.21 Å². The Bertz CT molecular complexity index is 470. The number of nitrogens with one attached hydrogen (secondary N) is 1. The first-order chi connectivity index (χ1) is 8.58. The van der Waals surface area contributed by atoms with Crippen molar-refractivity contribution in [3.63, 3.8) is 0 Å². The number of guanidine groups is 1. The van der Waals surface area contributed by atoms with Gasteiger partial charge in [-0.15, -0.1) is 5.10 Å². The zero-order chi connectivity index (χ0) is 13.5. The summed E-state index contributed by atoms with van der Waals surface area (Å²) in [6.07, 6.45) is 1.59. The minimum Gasteiger partial charge on any atom is -0.491 e. The van der Waals surface area contributed by atoms with E-state index in [1.165, 1.54) is 7.11 Å². The van der Waals surface area contributed by atoms with E-state index in [-0.39, 0.29) is 5.96 Å². The number of methoxy groups -OCH3 is 1. The molecule has 7 heteroatoms. The zero-order valence-corrected chi connectivity index (χ0v) is 11.0. The number of hydrogen-bond acceptors (Lipinski definition) is 3. The molecule has 0 heterocycles. The van der Waals surface area contributed by atoms with Gasteiger partial charge in [0.05, 0.1) is 18.7 Å². The van der Waals surface area contributed by atoms with Crippen LogP contribution in [0.2, 0.25) is 5.02 Å². The van der Waals surface area contributed by atoms with Crippen molar-refractivity contribution >= 4 is 23.8 Å². The lowest BCUT2D eigenvalue weighted by molar-refractivity contribution is -0.456. The van der Waals surface area contributed by atoms with Crippen molar-refractivity contribution in [3.05, 3.63) is 22.7 Å². The van der Waals surface area contributed by atoms with Gasteiger partial charge in [-0.05, 0) is 19.1 Å². The predicted octanol–water partition coefficient (Wildman–Crippen LogP) is -0.565. The molecule has 0 atom stereocenters. The van der Waals surface area contributed by atoms with Crippen molar-refractivity contribution in [2.75, 3.05) is 13.7 Å². The van der Waals surface area contributed by atoms with Crippen LogP contribution in [0.1, 0.15) is 12.5 Å². The van der Waals surface area contributed by atoms with Crippen LogP contribution in [0.3, 0.4) is 0 Å². The van der Waals surface area contributed by atoms with Crippen molar-refractivity contribution in [1.29, 1.82) is 0 Å². The van der Waals surface area contributed by atoms with E-state index in [0.717, 1.165) is 5.56 Å². The topological polar surface area (TPSA) is 96.8 Å². The molecule has 1 aromatic rings. The summed E-state index contributed by atoms with van der Waals surface area (Å²) >= 11 is 6.07. The van der Waals surface area contributed by atoms with E-state index in [1.807, 2.05) is 6.92 Å². The summed E-state index contributed by atoms with van der Waals surface area (Å²) in [5, 5.41) is 6.66. The fourth-order valence-corrected chi connectivity index (χ4v) is 1.61. The quantitative estimate of drug-likeness (QED) is 0.380. The Morgan fingerprint density at radius 2 is 2.22 bits per heavy atom. The van der Waals surface area contributed by atoms with Crippen LogP contribution in [0.15, 0.2) is 17.2 Å². The predicted molar refractivity (Wildman–Crippen MR) is 71.1 cm³/mol. The highest BCUT2D eigenvalue weighted by molar-refractivity contribution is 6.32. The number of hydrogen-bond donors (Lipinski definition) is 3. The number of rotatable bonds is 5. The minimum absolute atomic E-state index is 0.0594. The maximum absolute atomic E-state index is 6.07. The summed E-state index contributed by atoms with van der Waals surface area (Å²) in [6.45, 7) is 2.39. The highest BCUT2D eigenvalue weighted by Gasteiger charge is 2.11. The van der Waals surface area contributed by atoms with Crippen molar-refractivity contribution in [2.45, 2.75) is 6.92 Å². The number of benzene rings is 1. The summed E-state index contributed by atoms with van der Waals surface area (Å²) < 4.78 is 10.6. The van der Waals surface area contributed by atoms with Gasteiger partial charge in [-0.1, -0.05) is 11.6 Å². The number of nitrogens with two attached hydrogens (primary N) is 2. The number of halogens is 1. The van der Waals surface area contributed by atoms with Crippen molar-refractivity contribution in [1.82, 2.24) is 0 Å². The Balaban J connectivity index is 3.08. The van der Waals surface area contributed by atoms with Crippen LogP contribution in [0, 0.1) is 0 Å². The molecule has 0 aliphatic heterocycles. The molecule has 0 fully saturated rings. The van der Waals surface area contributed by atoms with E-state index in [1.54, 1.807) is 18.3 Å². The lowest BCUT2D eigenvalue weighted by Crippen LogP contribution is -2.63. The number of hydrazone groups is 1. The average Bonchev–Trinajstić information content (AvgIpc) is 2.28. The van der Waals surface area contributed by atoms with Crippen molar-refractivity contribution in [3.8, 4) is 11.5 Å². The van der Waals surface area contributed by atoms with Gasteiger partial charge in [-0.25, -0.2) is 0 Å². The third-order valence-corrected chi connectivity index (χ3v) is 2.24. The van der Waals surface area contributed by atoms with Crippen LogP contribution < -0.4 is 26.0 Å². The maximum Gasteiger partial charge on any atom is 0.256 e. The van der Waals surface area contributed by atoms with Crippen molar-refractivity contribution in [2.24, 2.45) is 16.6 Å². The van der Waals surface area contributed by atoms with Gasteiger partial charge >= 0.3 is 0 Å². The molecular formula is C11H16ClN4O2+. The van der Waals surface area contributed by atoms with Gasteiger partial charge in [0.25, 0.3) is 5.96 Å². The van der Waals surface area contributed by atoms with Gasteiger partial charge in [0.1, 0.15) is 0 Å². The molecule has 1 aromatic carbocycles. The second kappa shape index (κ2) is 6.70. The molecule has 6 nitrogen and oxygen atoms in total. The molecule has 0 bridgehead atoms.